The number of fused-ring (bicyclic) bond motifs is 1. The Kier molecular flexibility index (Phi) is 7.82. The van der Waals surface area contributed by atoms with Crippen molar-refractivity contribution in [3.8, 4) is 10.6 Å². The molecule has 1 aliphatic rings. The van der Waals surface area contributed by atoms with Crippen LogP contribution in [0.3, 0.4) is 0 Å². The quantitative estimate of drug-likeness (QED) is 0.229. The monoisotopic (exact) mass is 618 g/mol. The average Bonchev–Trinajstić information content (AvgIpc) is 3.71. The van der Waals surface area contributed by atoms with Gasteiger partial charge in [-0.15, -0.1) is 10.2 Å². The largest absolute Gasteiger partial charge is 0.353 e. The predicted octanol–water partition coefficient (Wildman–Crippen LogP) is 5.13. The molecule has 1 aliphatic heterocycles. The van der Waals surface area contributed by atoms with Crippen LogP contribution in [0.1, 0.15) is 23.7 Å². The summed E-state index contributed by atoms with van der Waals surface area (Å²) < 4.78 is 16.2. The molecule has 4 heterocycles. The fourth-order valence-electron chi connectivity index (χ4n) is 5.07. The van der Waals surface area contributed by atoms with Gasteiger partial charge in [0.15, 0.2) is 10.8 Å². The number of anilines is 3. The van der Waals surface area contributed by atoms with Crippen LogP contribution in [0.25, 0.3) is 21.5 Å². The van der Waals surface area contributed by atoms with E-state index in [-0.39, 0.29) is 30.4 Å². The molecule has 1 saturated heterocycles. The fraction of sp³-hybridized carbons (Fsp3) is 0.207. The maximum atomic E-state index is 14.6. The first-order chi connectivity index (χ1) is 20.8. The summed E-state index contributed by atoms with van der Waals surface area (Å²) in [4.78, 5) is 48.4. The Morgan fingerprint density at radius 3 is 2.65 bits per heavy atom. The van der Waals surface area contributed by atoms with Gasteiger partial charge in [-0.2, -0.15) is 0 Å². The SMILES string of the molecule is CC(=O)c1cn(CC(=O)N2C[C@H](F)C[C@H]2C(=O)Nc2nnc(-c3ccccc3Cl)s2)c2ccc(Nc3cncnc3)cc12. The number of rotatable bonds is 8. The molecule has 14 heteroatoms. The number of hydrogen-bond acceptors (Lipinski definition) is 9. The Hall–Kier alpha value is -4.75. The van der Waals surface area contributed by atoms with Gasteiger partial charge in [-0.1, -0.05) is 41.1 Å². The Morgan fingerprint density at radius 2 is 1.88 bits per heavy atom. The number of Topliss-reactive ketones (excluding diaryl/α,β-unsaturated/α-hetero) is 1. The van der Waals surface area contributed by atoms with Gasteiger partial charge < -0.3 is 14.8 Å². The van der Waals surface area contributed by atoms with Crippen LogP contribution in [0.5, 0.6) is 0 Å². The van der Waals surface area contributed by atoms with E-state index in [9.17, 15) is 18.8 Å². The lowest BCUT2D eigenvalue weighted by molar-refractivity contribution is -0.137. The van der Waals surface area contributed by atoms with Crippen molar-refractivity contribution in [1.82, 2.24) is 29.6 Å². The number of aromatic nitrogens is 5. The highest BCUT2D eigenvalue weighted by Gasteiger charge is 2.40. The summed E-state index contributed by atoms with van der Waals surface area (Å²) in [6, 6.07) is 11.5. The first kappa shape index (κ1) is 28.4. The number of nitrogens with zero attached hydrogens (tertiary/aromatic N) is 6. The smallest absolute Gasteiger partial charge is 0.249 e. The van der Waals surface area contributed by atoms with E-state index in [0.29, 0.717) is 43.4 Å². The molecule has 3 aromatic heterocycles. The number of carbonyl (C=O) groups is 3. The van der Waals surface area contributed by atoms with E-state index in [4.69, 9.17) is 11.6 Å². The number of ketones is 1. The second kappa shape index (κ2) is 11.9. The number of likely N-dealkylation sites (tertiary alicyclic amines) is 1. The number of halogens is 2. The van der Waals surface area contributed by atoms with Crippen LogP contribution < -0.4 is 10.6 Å². The van der Waals surface area contributed by atoms with Gasteiger partial charge in [0.05, 0.1) is 29.6 Å². The Bertz CT molecular complexity index is 1850. The van der Waals surface area contributed by atoms with Gasteiger partial charge in [-0.3, -0.25) is 19.7 Å². The van der Waals surface area contributed by atoms with Crippen LogP contribution in [-0.2, 0) is 16.1 Å². The Morgan fingerprint density at radius 1 is 1.09 bits per heavy atom. The lowest BCUT2D eigenvalue weighted by Crippen LogP contribution is -2.44. The van der Waals surface area contributed by atoms with Gasteiger partial charge in [0, 0.05) is 40.3 Å². The lowest BCUT2D eigenvalue weighted by atomic mass is 10.1. The highest BCUT2D eigenvalue weighted by Crippen LogP contribution is 2.33. The summed E-state index contributed by atoms with van der Waals surface area (Å²) in [7, 11) is 0. The molecule has 0 aliphatic carbocycles. The molecule has 2 atom stereocenters. The van der Waals surface area contributed by atoms with Crippen LogP contribution in [0, 0.1) is 0 Å². The van der Waals surface area contributed by atoms with Crippen molar-refractivity contribution >= 4 is 67.9 Å². The summed E-state index contributed by atoms with van der Waals surface area (Å²) in [6.45, 7) is 1.05. The molecule has 0 bridgehead atoms. The molecule has 0 saturated carbocycles. The first-order valence-corrected chi connectivity index (χ1v) is 14.4. The molecule has 2 aromatic carbocycles. The van der Waals surface area contributed by atoms with E-state index in [1.165, 1.54) is 18.2 Å². The van der Waals surface area contributed by atoms with E-state index in [1.807, 2.05) is 18.2 Å². The summed E-state index contributed by atoms with van der Waals surface area (Å²) in [5.74, 6) is -1.19. The summed E-state index contributed by atoms with van der Waals surface area (Å²) in [5.41, 5.74) is 3.13. The van der Waals surface area contributed by atoms with Gasteiger partial charge in [0.1, 0.15) is 25.1 Å². The van der Waals surface area contributed by atoms with E-state index in [2.05, 4.69) is 30.8 Å². The van der Waals surface area contributed by atoms with Crippen LogP contribution in [0.4, 0.5) is 20.9 Å². The minimum Gasteiger partial charge on any atom is -0.353 e. The first-order valence-electron chi connectivity index (χ1n) is 13.3. The Labute approximate surface area is 253 Å². The molecule has 0 spiro atoms. The highest BCUT2D eigenvalue weighted by atomic mass is 35.5. The van der Waals surface area contributed by atoms with Crippen molar-refractivity contribution in [2.75, 3.05) is 17.2 Å². The second-order valence-corrected chi connectivity index (χ2v) is 11.4. The molecule has 1 fully saturated rings. The van der Waals surface area contributed by atoms with Crippen molar-refractivity contribution in [3.05, 3.63) is 78.0 Å². The van der Waals surface area contributed by atoms with E-state index >= 15 is 0 Å². The van der Waals surface area contributed by atoms with Crippen LogP contribution in [0.2, 0.25) is 5.02 Å². The van der Waals surface area contributed by atoms with Crippen LogP contribution in [-0.4, -0.2) is 66.0 Å². The number of alkyl halides is 1. The molecule has 0 radical (unpaired) electrons. The average molecular weight is 619 g/mol. The third-order valence-electron chi connectivity index (χ3n) is 7.05. The molecule has 5 aromatic rings. The van der Waals surface area contributed by atoms with Gasteiger partial charge in [0.25, 0.3) is 0 Å². The maximum absolute atomic E-state index is 14.6. The minimum absolute atomic E-state index is 0.142. The topological polar surface area (TPSA) is 135 Å². The molecule has 0 unspecified atom stereocenters. The van der Waals surface area contributed by atoms with Crippen LogP contribution in [0.15, 0.2) is 67.4 Å². The van der Waals surface area contributed by atoms with E-state index in [0.717, 1.165) is 11.3 Å². The Balaban J connectivity index is 1.20. The van der Waals surface area contributed by atoms with Crippen LogP contribution >= 0.6 is 22.9 Å². The van der Waals surface area contributed by atoms with Crippen molar-refractivity contribution in [2.24, 2.45) is 0 Å². The number of nitrogens with one attached hydrogen (secondary N) is 2. The zero-order valence-corrected chi connectivity index (χ0v) is 24.3. The number of carbonyl (C=O) groups excluding carboxylic acids is 3. The molecule has 43 heavy (non-hydrogen) atoms. The summed E-state index contributed by atoms with van der Waals surface area (Å²) in [5, 5.41) is 15.8. The normalized spacial score (nSPS) is 16.4. The molecule has 11 nitrogen and oxygen atoms in total. The van der Waals surface area contributed by atoms with Crippen molar-refractivity contribution in [1.29, 1.82) is 0 Å². The number of benzene rings is 2. The van der Waals surface area contributed by atoms with Gasteiger partial charge in [0.2, 0.25) is 16.9 Å². The molecule has 218 valence electrons. The van der Waals surface area contributed by atoms with Gasteiger partial charge in [-0.25, -0.2) is 14.4 Å². The lowest BCUT2D eigenvalue weighted by Gasteiger charge is -2.23. The maximum Gasteiger partial charge on any atom is 0.249 e. The molecule has 6 rings (SSSR count). The summed E-state index contributed by atoms with van der Waals surface area (Å²) >= 11 is 7.37. The van der Waals surface area contributed by atoms with E-state index in [1.54, 1.807) is 47.4 Å². The van der Waals surface area contributed by atoms with Gasteiger partial charge >= 0.3 is 0 Å². The third-order valence-corrected chi connectivity index (χ3v) is 8.25. The van der Waals surface area contributed by atoms with Crippen molar-refractivity contribution in [3.63, 3.8) is 0 Å². The molecule has 2 N–H and O–H groups in total. The number of hydrogen-bond donors (Lipinski definition) is 2. The summed E-state index contributed by atoms with van der Waals surface area (Å²) in [6.07, 6.45) is 4.77. The zero-order valence-electron chi connectivity index (χ0n) is 22.7. The fourth-order valence-corrected chi connectivity index (χ4v) is 6.14. The molecular weight excluding hydrogens is 595 g/mol. The third kappa shape index (κ3) is 5.94. The predicted molar refractivity (Wildman–Crippen MR) is 161 cm³/mol. The van der Waals surface area contributed by atoms with Gasteiger partial charge in [-0.05, 0) is 31.2 Å². The molecule has 2 amide bonds. The van der Waals surface area contributed by atoms with E-state index < -0.39 is 24.0 Å². The minimum atomic E-state index is -1.36. The van der Waals surface area contributed by atoms with Crippen molar-refractivity contribution in [2.45, 2.75) is 32.1 Å². The highest BCUT2D eigenvalue weighted by molar-refractivity contribution is 7.18. The van der Waals surface area contributed by atoms with Crippen molar-refractivity contribution < 1.29 is 18.8 Å². The number of amides is 2. The standard InChI is InChI=1S/C29H24ClFN8O3S/c1-16(40)22-13-38(24-7-6-18(9-21(22)24)34-19-10-32-15-33-11-19)14-26(41)39-12-17(31)8-25(39)27(42)35-29-37-36-28(43-29)20-4-2-3-5-23(20)30/h2-7,9-11,13,15,17,25,34H,8,12,14H2,1H3,(H,35,37,42)/t17-,25+/m1/s1. The molecular formula is C29H24ClFN8O3S. The second-order valence-electron chi connectivity index (χ2n) is 9.99. The zero-order chi connectivity index (χ0) is 30.1.